The standard InChI is InChI=1S/C22H22N4O2S/c1-4-7-19-24-20(28-25-19)15(3)29-22-23-18-9-6-5-8-17(18)21(27)26(22)16-12-10-14(2)11-13-16/h5-6,8-13,15H,4,7H2,1-3H3/t15-/m1/s1. The molecule has 0 N–H and O–H groups in total. The molecule has 0 bridgehead atoms. The molecule has 0 aliphatic carbocycles. The molecule has 4 rings (SSSR count). The Balaban J connectivity index is 1.80. The summed E-state index contributed by atoms with van der Waals surface area (Å²) < 4.78 is 7.09. The first-order chi connectivity index (χ1) is 14.1. The number of aromatic nitrogens is 4. The van der Waals surface area contributed by atoms with Crippen LogP contribution in [0.25, 0.3) is 16.6 Å². The van der Waals surface area contributed by atoms with Crippen molar-refractivity contribution in [2.24, 2.45) is 0 Å². The second-order valence-corrected chi connectivity index (χ2v) is 8.25. The Kier molecular flexibility index (Phi) is 5.49. The molecule has 2 aromatic heterocycles. The van der Waals surface area contributed by atoms with E-state index < -0.39 is 0 Å². The maximum atomic E-state index is 13.3. The van der Waals surface area contributed by atoms with E-state index in [9.17, 15) is 4.79 Å². The van der Waals surface area contributed by atoms with Gasteiger partial charge >= 0.3 is 0 Å². The third-order valence-electron chi connectivity index (χ3n) is 4.62. The summed E-state index contributed by atoms with van der Waals surface area (Å²) in [6, 6.07) is 15.3. The fourth-order valence-electron chi connectivity index (χ4n) is 3.08. The molecule has 0 unspecified atom stereocenters. The average Bonchev–Trinajstić information content (AvgIpc) is 3.19. The summed E-state index contributed by atoms with van der Waals surface area (Å²) in [4.78, 5) is 22.6. The van der Waals surface area contributed by atoms with Gasteiger partial charge in [-0.1, -0.05) is 53.7 Å². The van der Waals surface area contributed by atoms with Crippen LogP contribution in [0.3, 0.4) is 0 Å². The van der Waals surface area contributed by atoms with Gasteiger partial charge in [-0.25, -0.2) is 4.98 Å². The van der Waals surface area contributed by atoms with Crippen molar-refractivity contribution in [1.82, 2.24) is 19.7 Å². The van der Waals surface area contributed by atoms with Crippen molar-refractivity contribution >= 4 is 22.7 Å². The minimum atomic E-state index is -0.141. The number of aryl methyl sites for hydroxylation is 2. The zero-order valence-electron chi connectivity index (χ0n) is 16.6. The van der Waals surface area contributed by atoms with E-state index in [-0.39, 0.29) is 10.8 Å². The molecule has 7 heteroatoms. The van der Waals surface area contributed by atoms with Gasteiger partial charge in [0, 0.05) is 6.42 Å². The van der Waals surface area contributed by atoms with E-state index in [4.69, 9.17) is 9.51 Å². The summed E-state index contributed by atoms with van der Waals surface area (Å²) in [7, 11) is 0. The van der Waals surface area contributed by atoms with E-state index in [1.165, 1.54) is 11.8 Å². The summed E-state index contributed by atoms with van der Waals surface area (Å²) in [5.74, 6) is 1.24. The van der Waals surface area contributed by atoms with Crippen LogP contribution in [-0.2, 0) is 6.42 Å². The van der Waals surface area contributed by atoms with Crippen molar-refractivity contribution in [3.8, 4) is 5.69 Å². The Morgan fingerprint density at radius 2 is 1.86 bits per heavy atom. The molecular weight excluding hydrogens is 384 g/mol. The molecule has 29 heavy (non-hydrogen) atoms. The Hall–Kier alpha value is -2.93. The van der Waals surface area contributed by atoms with Crippen molar-refractivity contribution < 1.29 is 4.52 Å². The number of hydrogen-bond donors (Lipinski definition) is 0. The zero-order valence-corrected chi connectivity index (χ0v) is 17.4. The number of nitrogens with zero attached hydrogens (tertiary/aromatic N) is 4. The molecular formula is C22H22N4O2S. The molecule has 2 aromatic carbocycles. The number of fused-ring (bicyclic) bond motifs is 1. The van der Waals surface area contributed by atoms with Crippen molar-refractivity contribution in [2.45, 2.75) is 44.0 Å². The molecule has 6 nitrogen and oxygen atoms in total. The van der Waals surface area contributed by atoms with Crippen LogP contribution in [0.4, 0.5) is 0 Å². The molecule has 0 saturated carbocycles. The molecule has 0 spiro atoms. The van der Waals surface area contributed by atoms with Crippen LogP contribution in [-0.4, -0.2) is 19.7 Å². The quantitative estimate of drug-likeness (QED) is 0.335. The van der Waals surface area contributed by atoms with Gasteiger partial charge in [-0.05, 0) is 44.5 Å². The highest BCUT2D eigenvalue weighted by molar-refractivity contribution is 7.99. The lowest BCUT2D eigenvalue weighted by Crippen LogP contribution is -2.22. The summed E-state index contributed by atoms with van der Waals surface area (Å²) in [5, 5.41) is 5.09. The van der Waals surface area contributed by atoms with Crippen molar-refractivity contribution in [3.63, 3.8) is 0 Å². The largest absolute Gasteiger partial charge is 0.338 e. The highest BCUT2D eigenvalue weighted by Crippen LogP contribution is 2.34. The molecule has 0 amide bonds. The minimum absolute atomic E-state index is 0.0913. The summed E-state index contributed by atoms with van der Waals surface area (Å²) in [6.07, 6.45) is 1.74. The Morgan fingerprint density at radius 1 is 1.10 bits per heavy atom. The number of hydrogen-bond acceptors (Lipinski definition) is 6. The van der Waals surface area contributed by atoms with Gasteiger partial charge < -0.3 is 4.52 Å². The van der Waals surface area contributed by atoms with Gasteiger partial charge in [0.15, 0.2) is 11.0 Å². The van der Waals surface area contributed by atoms with Crippen molar-refractivity contribution in [1.29, 1.82) is 0 Å². The lowest BCUT2D eigenvalue weighted by atomic mass is 10.2. The van der Waals surface area contributed by atoms with Gasteiger partial charge in [0.25, 0.3) is 5.56 Å². The number of para-hydroxylation sites is 1. The van der Waals surface area contributed by atoms with Crippen LogP contribution in [0.15, 0.2) is 63.0 Å². The van der Waals surface area contributed by atoms with Gasteiger partial charge in [-0.15, -0.1) is 0 Å². The van der Waals surface area contributed by atoms with Crippen LogP contribution in [0.5, 0.6) is 0 Å². The van der Waals surface area contributed by atoms with E-state index in [0.717, 1.165) is 24.1 Å². The maximum absolute atomic E-state index is 13.3. The number of benzene rings is 2. The first-order valence-electron chi connectivity index (χ1n) is 9.64. The lowest BCUT2D eigenvalue weighted by molar-refractivity contribution is 0.374. The van der Waals surface area contributed by atoms with Gasteiger partial charge in [0.2, 0.25) is 5.89 Å². The smallest absolute Gasteiger partial charge is 0.266 e. The maximum Gasteiger partial charge on any atom is 0.266 e. The molecule has 2 heterocycles. The molecule has 0 aliphatic heterocycles. The predicted octanol–water partition coefficient (Wildman–Crippen LogP) is 4.88. The van der Waals surface area contributed by atoms with Gasteiger partial charge in [0.05, 0.1) is 21.8 Å². The second-order valence-electron chi connectivity index (χ2n) is 6.95. The number of thioether (sulfide) groups is 1. The third kappa shape index (κ3) is 3.96. The van der Waals surface area contributed by atoms with E-state index in [1.807, 2.05) is 62.4 Å². The predicted molar refractivity (Wildman–Crippen MR) is 115 cm³/mol. The van der Waals surface area contributed by atoms with E-state index in [1.54, 1.807) is 4.57 Å². The molecule has 0 saturated heterocycles. The lowest BCUT2D eigenvalue weighted by Gasteiger charge is -2.15. The fraction of sp³-hybridized carbons (Fsp3) is 0.273. The molecule has 148 valence electrons. The minimum Gasteiger partial charge on any atom is -0.338 e. The molecule has 4 aromatic rings. The van der Waals surface area contributed by atoms with E-state index >= 15 is 0 Å². The van der Waals surface area contributed by atoms with Gasteiger partial charge in [-0.3, -0.25) is 9.36 Å². The Labute approximate surface area is 173 Å². The van der Waals surface area contributed by atoms with Gasteiger partial charge in [-0.2, -0.15) is 4.98 Å². The highest BCUT2D eigenvalue weighted by atomic mass is 32.2. The van der Waals surface area contributed by atoms with Crippen LogP contribution >= 0.6 is 11.8 Å². The van der Waals surface area contributed by atoms with E-state index in [0.29, 0.717) is 27.8 Å². The summed E-state index contributed by atoms with van der Waals surface area (Å²) >= 11 is 1.44. The van der Waals surface area contributed by atoms with E-state index in [2.05, 4.69) is 17.1 Å². The van der Waals surface area contributed by atoms with Crippen LogP contribution < -0.4 is 5.56 Å². The third-order valence-corrected chi connectivity index (χ3v) is 5.66. The fourth-order valence-corrected chi connectivity index (χ4v) is 4.04. The Morgan fingerprint density at radius 3 is 2.62 bits per heavy atom. The zero-order chi connectivity index (χ0) is 20.4. The molecule has 1 atom stereocenters. The number of rotatable bonds is 6. The molecule has 0 fully saturated rings. The average molecular weight is 407 g/mol. The monoisotopic (exact) mass is 406 g/mol. The SMILES string of the molecule is CCCc1noc([C@@H](C)Sc2nc3ccccc3c(=O)n2-c2ccc(C)cc2)n1. The summed E-state index contributed by atoms with van der Waals surface area (Å²) in [6.45, 7) is 6.08. The topological polar surface area (TPSA) is 73.8 Å². The van der Waals surface area contributed by atoms with Crippen LogP contribution in [0.1, 0.15) is 42.8 Å². The normalized spacial score (nSPS) is 12.4. The van der Waals surface area contributed by atoms with Crippen molar-refractivity contribution in [2.75, 3.05) is 0 Å². The van der Waals surface area contributed by atoms with Crippen LogP contribution in [0, 0.1) is 6.92 Å². The first kappa shape index (κ1) is 19.4. The molecule has 0 radical (unpaired) electrons. The summed E-state index contributed by atoms with van der Waals surface area (Å²) in [5.41, 5.74) is 2.50. The van der Waals surface area contributed by atoms with Crippen LogP contribution in [0.2, 0.25) is 0 Å². The van der Waals surface area contributed by atoms with Crippen molar-refractivity contribution in [3.05, 3.63) is 76.2 Å². The highest BCUT2D eigenvalue weighted by Gasteiger charge is 2.20. The first-order valence-corrected chi connectivity index (χ1v) is 10.5. The molecule has 0 aliphatic rings. The second kappa shape index (κ2) is 8.21. The van der Waals surface area contributed by atoms with Gasteiger partial charge in [0.1, 0.15) is 0 Å². The Bertz CT molecular complexity index is 1200.